The molecule has 0 aliphatic heterocycles. The van der Waals surface area contributed by atoms with Crippen molar-refractivity contribution in [3.63, 3.8) is 0 Å². The maximum Gasteiger partial charge on any atom is 0.338 e. The highest BCUT2D eigenvalue weighted by atomic mass is 32.2. The number of benzene rings is 1. The van der Waals surface area contributed by atoms with E-state index in [4.69, 9.17) is 4.74 Å². The lowest BCUT2D eigenvalue weighted by Crippen LogP contribution is -2.56. The Morgan fingerprint density at radius 3 is 2.22 bits per heavy atom. The second-order valence-corrected chi connectivity index (χ2v) is 12.6. The number of nitrogens with zero attached hydrogens (tertiary/aromatic N) is 1. The zero-order chi connectivity index (χ0) is 23.3. The van der Waals surface area contributed by atoms with Gasteiger partial charge in [0.05, 0.1) is 10.5 Å². The molecule has 4 aliphatic rings. The van der Waals surface area contributed by atoms with Gasteiger partial charge in [-0.25, -0.2) is 17.5 Å². The van der Waals surface area contributed by atoms with Gasteiger partial charge in [-0.2, -0.15) is 0 Å². The van der Waals surface area contributed by atoms with Crippen LogP contribution in [0.2, 0.25) is 0 Å². The minimum Gasteiger partial charge on any atom is -0.452 e. The molecule has 0 unspecified atom stereocenters. The summed E-state index contributed by atoms with van der Waals surface area (Å²) in [5, 5.41) is 3.09. The van der Waals surface area contributed by atoms with Gasteiger partial charge in [-0.05, 0) is 93.2 Å². The molecule has 1 aromatic carbocycles. The van der Waals surface area contributed by atoms with E-state index in [-0.39, 0.29) is 34.4 Å². The Kier molecular flexibility index (Phi) is 6.13. The molecule has 4 fully saturated rings. The van der Waals surface area contributed by atoms with Gasteiger partial charge < -0.3 is 10.1 Å². The zero-order valence-corrected chi connectivity index (χ0v) is 20.2. The van der Waals surface area contributed by atoms with Gasteiger partial charge in [-0.1, -0.05) is 6.07 Å². The smallest absolute Gasteiger partial charge is 0.338 e. The Labute approximate surface area is 190 Å². The van der Waals surface area contributed by atoms with Crippen LogP contribution >= 0.6 is 0 Å². The summed E-state index contributed by atoms with van der Waals surface area (Å²) >= 11 is 0. The molecule has 1 atom stereocenters. The lowest BCUT2D eigenvalue weighted by atomic mass is 9.48. The van der Waals surface area contributed by atoms with Crippen molar-refractivity contribution in [3.05, 3.63) is 29.3 Å². The topological polar surface area (TPSA) is 92.8 Å². The van der Waals surface area contributed by atoms with Crippen molar-refractivity contribution in [2.75, 3.05) is 20.7 Å². The van der Waals surface area contributed by atoms with Crippen LogP contribution in [0.25, 0.3) is 0 Å². The molecule has 5 rings (SSSR count). The molecular formula is C24H34N2O5S. The number of amides is 1. The van der Waals surface area contributed by atoms with Crippen LogP contribution in [0.1, 0.15) is 61.4 Å². The third-order valence-corrected chi connectivity index (χ3v) is 9.73. The van der Waals surface area contributed by atoms with Gasteiger partial charge in [0.25, 0.3) is 5.91 Å². The van der Waals surface area contributed by atoms with Crippen molar-refractivity contribution in [2.45, 2.75) is 63.3 Å². The molecule has 32 heavy (non-hydrogen) atoms. The number of carbonyl (C=O) groups excluding carboxylic acids is 2. The normalized spacial score (nSPS) is 29.7. The molecule has 4 saturated carbocycles. The van der Waals surface area contributed by atoms with Crippen LogP contribution in [0.5, 0.6) is 0 Å². The van der Waals surface area contributed by atoms with Gasteiger partial charge in [0, 0.05) is 20.1 Å². The third-order valence-electron chi connectivity index (χ3n) is 7.92. The number of carbonyl (C=O) groups is 2. The summed E-state index contributed by atoms with van der Waals surface area (Å²) in [6.45, 7) is 3.42. The van der Waals surface area contributed by atoms with Crippen LogP contribution in [0.3, 0.4) is 0 Å². The van der Waals surface area contributed by atoms with E-state index < -0.39 is 16.0 Å². The monoisotopic (exact) mass is 462 g/mol. The first-order valence-electron chi connectivity index (χ1n) is 11.5. The predicted molar refractivity (Wildman–Crippen MR) is 121 cm³/mol. The van der Waals surface area contributed by atoms with Crippen molar-refractivity contribution in [1.29, 1.82) is 0 Å². The molecule has 1 N–H and O–H groups in total. The number of hydrogen-bond acceptors (Lipinski definition) is 5. The average Bonchev–Trinajstić information content (AvgIpc) is 2.71. The highest BCUT2D eigenvalue weighted by Crippen LogP contribution is 2.61. The van der Waals surface area contributed by atoms with E-state index in [1.807, 2.05) is 0 Å². The number of nitrogens with one attached hydrogen (secondary N) is 1. The largest absolute Gasteiger partial charge is 0.452 e. The Bertz CT molecular complexity index is 982. The fourth-order valence-corrected chi connectivity index (χ4v) is 7.47. The van der Waals surface area contributed by atoms with E-state index in [2.05, 4.69) is 12.2 Å². The lowest BCUT2D eigenvalue weighted by Gasteiger charge is -2.59. The van der Waals surface area contributed by atoms with Gasteiger partial charge in [0.1, 0.15) is 0 Å². The highest BCUT2D eigenvalue weighted by Gasteiger charge is 2.53. The summed E-state index contributed by atoms with van der Waals surface area (Å²) in [7, 11) is -0.807. The Morgan fingerprint density at radius 2 is 1.69 bits per heavy atom. The number of hydrogen-bond donors (Lipinski definition) is 1. The van der Waals surface area contributed by atoms with Gasteiger partial charge in [0.15, 0.2) is 6.61 Å². The summed E-state index contributed by atoms with van der Waals surface area (Å²) in [5.74, 6) is 1.39. The minimum atomic E-state index is -3.67. The number of rotatable bonds is 7. The van der Waals surface area contributed by atoms with Gasteiger partial charge in [0.2, 0.25) is 10.0 Å². The third kappa shape index (κ3) is 4.31. The van der Waals surface area contributed by atoms with E-state index >= 15 is 0 Å². The lowest BCUT2D eigenvalue weighted by molar-refractivity contribution is -0.128. The first-order chi connectivity index (χ1) is 15.0. The quantitative estimate of drug-likeness (QED) is 0.629. The molecule has 4 aliphatic carbocycles. The Morgan fingerprint density at radius 1 is 1.12 bits per heavy atom. The van der Waals surface area contributed by atoms with Gasteiger partial charge in [-0.3, -0.25) is 4.79 Å². The molecule has 1 aromatic rings. The molecule has 176 valence electrons. The van der Waals surface area contributed by atoms with Crippen LogP contribution < -0.4 is 5.32 Å². The standard InChI is InChI=1S/C24H34N2O5S/c1-15-5-6-20(32(29,30)26(3)4)10-21(15)23(28)31-14-22(27)25-16(2)24-11-17-7-18(12-24)9-19(8-17)13-24/h5-6,10,16-19H,7-9,11-14H2,1-4H3,(H,25,27)/t16-,17?,18?,19?,24?/m1/s1. The van der Waals surface area contributed by atoms with Crippen LogP contribution in [-0.4, -0.2) is 51.3 Å². The summed E-state index contributed by atoms with van der Waals surface area (Å²) in [6, 6.07) is 4.39. The van der Waals surface area contributed by atoms with Crippen molar-refractivity contribution < 1.29 is 22.7 Å². The summed E-state index contributed by atoms with van der Waals surface area (Å²) < 4.78 is 31.1. The predicted octanol–water partition coefficient (Wildman–Crippen LogP) is 3.12. The number of esters is 1. The molecule has 0 radical (unpaired) electrons. The minimum absolute atomic E-state index is 0.0138. The van der Waals surface area contributed by atoms with Gasteiger partial charge in [-0.15, -0.1) is 0 Å². The molecule has 4 bridgehead atoms. The van der Waals surface area contributed by atoms with Crippen LogP contribution in [0.15, 0.2) is 23.1 Å². The summed E-state index contributed by atoms with van der Waals surface area (Å²) in [6.07, 6.45) is 7.60. The van der Waals surface area contributed by atoms with Crippen molar-refractivity contribution >= 4 is 21.9 Å². The maximum atomic E-state index is 12.6. The Balaban J connectivity index is 1.37. The van der Waals surface area contributed by atoms with E-state index in [0.717, 1.165) is 22.1 Å². The summed E-state index contributed by atoms with van der Waals surface area (Å²) in [4.78, 5) is 25.2. The molecule has 0 spiro atoms. The summed E-state index contributed by atoms with van der Waals surface area (Å²) in [5.41, 5.74) is 0.921. The van der Waals surface area contributed by atoms with Crippen molar-refractivity contribution in [1.82, 2.24) is 9.62 Å². The van der Waals surface area contributed by atoms with Crippen molar-refractivity contribution in [3.8, 4) is 0 Å². The van der Waals surface area contributed by atoms with Crippen LogP contribution in [0, 0.1) is 30.1 Å². The van der Waals surface area contributed by atoms with E-state index in [1.54, 1.807) is 13.0 Å². The van der Waals surface area contributed by atoms with E-state index in [1.165, 1.54) is 64.8 Å². The second kappa shape index (κ2) is 8.45. The van der Waals surface area contributed by atoms with E-state index in [9.17, 15) is 18.0 Å². The van der Waals surface area contributed by atoms with Crippen LogP contribution in [0.4, 0.5) is 0 Å². The molecular weight excluding hydrogens is 428 g/mol. The molecule has 1 amide bonds. The number of ether oxygens (including phenoxy) is 1. The molecule has 7 nitrogen and oxygen atoms in total. The zero-order valence-electron chi connectivity index (χ0n) is 19.4. The fourth-order valence-electron chi connectivity index (χ4n) is 6.55. The van der Waals surface area contributed by atoms with E-state index in [0.29, 0.717) is 5.56 Å². The first kappa shape index (κ1) is 23.2. The van der Waals surface area contributed by atoms with Crippen molar-refractivity contribution in [2.24, 2.45) is 23.2 Å². The fraction of sp³-hybridized carbons (Fsp3) is 0.667. The number of aryl methyl sites for hydroxylation is 1. The highest BCUT2D eigenvalue weighted by molar-refractivity contribution is 7.89. The number of sulfonamides is 1. The average molecular weight is 463 g/mol. The molecule has 0 saturated heterocycles. The Hall–Kier alpha value is -1.93. The maximum absolute atomic E-state index is 12.6. The molecule has 0 heterocycles. The van der Waals surface area contributed by atoms with Gasteiger partial charge >= 0.3 is 5.97 Å². The molecule has 8 heteroatoms. The molecule has 0 aromatic heterocycles. The second-order valence-electron chi connectivity index (χ2n) is 10.4. The SMILES string of the molecule is Cc1ccc(S(=O)(=O)N(C)C)cc1C(=O)OCC(=O)N[C@H](C)C12CC3CC(CC(C3)C1)C2. The van der Waals surface area contributed by atoms with Crippen LogP contribution in [-0.2, 0) is 19.6 Å². The first-order valence-corrected chi connectivity index (χ1v) is 12.9.